The molecule has 2 rings (SSSR count). The summed E-state index contributed by atoms with van der Waals surface area (Å²) < 4.78 is 38.2. The van der Waals surface area contributed by atoms with Gasteiger partial charge in [-0.2, -0.15) is 0 Å². The highest BCUT2D eigenvalue weighted by Crippen LogP contribution is 2.20. The monoisotopic (exact) mass is 378 g/mol. The summed E-state index contributed by atoms with van der Waals surface area (Å²) in [6.07, 6.45) is 1.01. The van der Waals surface area contributed by atoms with Crippen LogP contribution >= 0.6 is 0 Å². The van der Waals surface area contributed by atoms with Crippen LogP contribution in [0, 0.1) is 19.7 Å². The van der Waals surface area contributed by atoms with E-state index in [1.165, 1.54) is 12.1 Å². The first-order chi connectivity index (χ1) is 12.1. The second kappa shape index (κ2) is 7.86. The van der Waals surface area contributed by atoms with E-state index in [0.717, 1.165) is 39.4 Å². The number of benzene rings is 2. The molecule has 2 aromatic rings. The van der Waals surface area contributed by atoms with Crippen LogP contribution in [-0.2, 0) is 14.8 Å². The molecule has 2 aromatic carbocycles. The maximum Gasteiger partial charge on any atom is 0.241 e. The van der Waals surface area contributed by atoms with Crippen molar-refractivity contribution in [3.8, 4) is 0 Å². The smallest absolute Gasteiger partial charge is 0.241 e. The first-order valence-corrected chi connectivity index (χ1v) is 10.0. The summed E-state index contributed by atoms with van der Waals surface area (Å²) in [5.74, 6) is -0.914. The minimum Gasteiger partial charge on any atom is -0.348 e. The molecule has 1 amide bonds. The molecule has 1 N–H and O–H groups in total. The lowest BCUT2D eigenvalue weighted by molar-refractivity contribution is -0.120. The van der Waals surface area contributed by atoms with Gasteiger partial charge in [-0.15, -0.1) is 0 Å². The van der Waals surface area contributed by atoms with Crippen LogP contribution in [0.3, 0.4) is 0 Å². The van der Waals surface area contributed by atoms with Crippen molar-refractivity contribution in [3.05, 3.63) is 65.0 Å². The Morgan fingerprint density at radius 3 is 2.35 bits per heavy atom. The van der Waals surface area contributed by atoms with Gasteiger partial charge < -0.3 is 5.32 Å². The number of halogens is 1. The Balaban J connectivity index is 2.17. The molecule has 0 radical (unpaired) electrons. The van der Waals surface area contributed by atoms with Crippen molar-refractivity contribution >= 4 is 21.6 Å². The Hall–Kier alpha value is -2.41. The molecule has 0 bridgehead atoms. The van der Waals surface area contributed by atoms with Crippen LogP contribution in [-0.4, -0.2) is 27.1 Å². The van der Waals surface area contributed by atoms with Crippen molar-refractivity contribution in [3.63, 3.8) is 0 Å². The Kier molecular flexibility index (Phi) is 6.02. The van der Waals surface area contributed by atoms with E-state index < -0.39 is 21.7 Å². The van der Waals surface area contributed by atoms with E-state index in [4.69, 9.17) is 0 Å². The zero-order valence-electron chi connectivity index (χ0n) is 15.3. The SMILES string of the molecule is Cc1ccc(C)c([C@@H](C)NC(=O)CN(c2ccc(F)cc2)S(C)(=O)=O)c1. The topological polar surface area (TPSA) is 66.5 Å². The van der Waals surface area contributed by atoms with Gasteiger partial charge in [-0.3, -0.25) is 9.10 Å². The average Bonchev–Trinajstić information content (AvgIpc) is 2.55. The van der Waals surface area contributed by atoms with Crippen LogP contribution < -0.4 is 9.62 Å². The van der Waals surface area contributed by atoms with Crippen molar-refractivity contribution in [2.45, 2.75) is 26.8 Å². The molecule has 0 fully saturated rings. The van der Waals surface area contributed by atoms with Crippen molar-refractivity contribution < 1.29 is 17.6 Å². The van der Waals surface area contributed by atoms with Gasteiger partial charge in [0.1, 0.15) is 12.4 Å². The number of anilines is 1. The number of nitrogens with zero attached hydrogens (tertiary/aromatic N) is 1. The van der Waals surface area contributed by atoms with E-state index >= 15 is 0 Å². The summed E-state index contributed by atoms with van der Waals surface area (Å²) in [6.45, 7) is 5.40. The van der Waals surface area contributed by atoms with Gasteiger partial charge in [0, 0.05) is 0 Å². The second-order valence-electron chi connectivity index (χ2n) is 6.40. The fourth-order valence-corrected chi connectivity index (χ4v) is 3.59. The van der Waals surface area contributed by atoms with Gasteiger partial charge in [0.2, 0.25) is 15.9 Å². The zero-order chi connectivity index (χ0) is 19.5. The second-order valence-corrected chi connectivity index (χ2v) is 8.30. The number of nitrogens with one attached hydrogen (secondary N) is 1. The normalized spacial score (nSPS) is 12.5. The number of carbonyl (C=O) groups is 1. The van der Waals surface area contributed by atoms with Gasteiger partial charge in [-0.1, -0.05) is 23.8 Å². The highest BCUT2D eigenvalue weighted by atomic mass is 32.2. The number of amides is 1. The maximum atomic E-state index is 13.1. The standard InChI is InChI=1S/C19H23FN2O3S/c1-13-5-6-14(2)18(11-13)15(3)21-19(23)12-22(26(4,24)25)17-9-7-16(20)8-10-17/h5-11,15H,12H2,1-4H3,(H,21,23)/t15-/m1/s1. The molecule has 0 spiro atoms. The molecular weight excluding hydrogens is 355 g/mol. The molecule has 140 valence electrons. The third-order valence-corrected chi connectivity index (χ3v) is 5.22. The molecule has 0 saturated heterocycles. The first kappa shape index (κ1) is 19.9. The highest BCUT2D eigenvalue weighted by molar-refractivity contribution is 7.92. The minimum absolute atomic E-state index is 0.239. The molecule has 26 heavy (non-hydrogen) atoms. The van der Waals surface area contributed by atoms with Crippen LogP contribution in [0.4, 0.5) is 10.1 Å². The molecule has 0 aliphatic rings. The van der Waals surface area contributed by atoms with Crippen molar-refractivity contribution in [1.29, 1.82) is 0 Å². The van der Waals surface area contributed by atoms with Crippen LogP contribution in [0.2, 0.25) is 0 Å². The summed E-state index contributed by atoms with van der Waals surface area (Å²) in [5.41, 5.74) is 3.34. The van der Waals surface area contributed by atoms with Crippen molar-refractivity contribution in [2.24, 2.45) is 0 Å². The molecule has 1 atom stereocenters. The van der Waals surface area contributed by atoms with Gasteiger partial charge in [-0.05, 0) is 56.2 Å². The molecule has 0 aromatic heterocycles. The minimum atomic E-state index is -3.69. The first-order valence-electron chi connectivity index (χ1n) is 8.17. The van der Waals surface area contributed by atoms with Gasteiger partial charge in [0.15, 0.2) is 0 Å². The predicted molar refractivity (Wildman–Crippen MR) is 101 cm³/mol. The fraction of sp³-hybridized carbons (Fsp3) is 0.316. The molecule has 0 aliphatic heterocycles. The number of carbonyl (C=O) groups excluding carboxylic acids is 1. The van der Waals surface area contributed by atoms with E-state index in [9.17, 15) is 17.6 Å². The zero-order valence-corrected chi connectivity index (χ0v) is 16.1. The molecule has 0 aliphatic carbocycles. The number of hydrogen-bond acceptors (Lipinski definition) is 3. The van der Waals surface area contributed by atoms with Gasteiger partial charge in [0.05, 0.1) is 18.0 Å². The molecular formula is C19H23FN2O3S. The molecule has 0 saturated carbocycles. The summed E-state index contributed by atoms with van der Waals surface area (Å²) in [6, 6.07) is 10.7. The third kappa shape index (κ3) is 5.05. The van der Waals surface area contributed by atoms with Gasteiger partial charge >= 0.3 is 0 Å². The van der Waals surface area contributed by atoms with Crippen molar-refractivity contribution in [1.82, 2.24) is 5.32 Å². The third-order valence-electron chi connectivity index (χ3n) is 4.08. The van der Waals surface area contributed by atoms with E-state index in [1.54, 1.807) is 0 Å². The molecule has 5 nitrogen and oxygen atoms in total. The summed E-state index contributed by atoms with van der Waals surface area (Å²) >= 11 is 0. The van der Waals surface area contributed by atoms with Crippen LogP contribution in [0.5, 0.6) is 0 Å². The van der Waals surface area contributed by atoms with Crippen LogP contribution in [0.25, 0.3) is 0 Å². The lowest BCUT2D eigenvalue weighted by atomic mass is 10.00. The van der Waals surface area contributed by atoms with E-state index in [-0.39, 0.29) is 18.3 Å². The van der Waals surface area contributed by atoms with Crippen LogP contribution in [0.1, 0.15) is 29.7 Å². The molecule has 7 heteroatoms. The lowest BCUT2D eigenvalue weighted by Gasteiger charge is -2.24. The quantitative estimate of drug-likeness (QED) is 0.840. The Labute approximate surface area is 153 Å². The molecule has 0 heterocycles. The lowest BCUT2D eigenvalue weighted by Crippen LogP contribution is -2.41. The van der Waals surface area contributed by atoms with Crippen LogP contribution in [0.15, 0.2) is 42.5 Å². The Morgan fingerprint density at radius 1 is 1.15 bits per heavy atom. The molecule has 0 unspecified atom stereocenters. The van der Waals surface area contributed by atoms with Gasteiger partial charge in [0.25, 0.3) is 0 Å². The van der Waals surface area contributed by atoms with E-state index in [0.29, 0.717) is 0 Å². The fourth-order valence-electron chi connectivity index (χ4n) is 2.73. The number of aryl methyl sites for hydroxylation is 2. The largest absolute Gasteiger partial charge is 0.348 e. The van der Waals surface area contributed by atoms with E-state index in [2.05, 4.69) is 5.32 Å². The highest BCUT2D eigenvalue weighted by Gasteiger charge is 2.22. The van der Waals surface area contributed by atoms with Gasteiger partial charge in [-0.25, -0.2) is 12.8 Å². The number of rotatable bonds is 6. The van der Waals surface area contributed by atoms with E-state index in [1.807, 2.05) is 39.0 Å². The summed E-state index contributed by atoms with van der Waals surface area (Å²) in [5, 5.41) is 2.83. The summed E-state index contributed by atoms with van der Waals surface area (Å²) in [7, 11) is -3.69. The maximum absolute atomic E-state index is 13.1. The predicted octanol–water partition coefficient (Wildman–Crippen LogP) is 3.09. The average molecular weight is 378 g/mol. The Morgan fingerprint density at radius 2 is 1.77 bits per heavy atom. The van der Waals surface area contributed by atoms with Crippen molar-refractivity contribution in [2.75, 3.05) is 17.1 Å². The summed E-state index contributed by atoms with van der Waals surface area (Å²) in [4.78, 5) is 12.4. The number of sulfonamides is 1. The number of hydrogen-bond donors (Lipinski definition) is 1. The Bertz CT molecular complexity index is 896.